The number of allylic oxidation sites excluding steroid dienone is 6. The number of nitrogens with zero attached hydrogens (tertiary/aromatic N) is 2. The van der Waals surface area contributed by atoms with Gasteiger partial charge in [0.05, 0.1) is 28.2 Å². The number of benzene rings is 7. The van der Waals surface area contributed by atoms with Gasteiger partial charge in [0.15, 0.2) is 0 Å². The Morgan fingerprint density at radius 1 is 0.591 bits per heavy atom. The maximum atomic E-state index is 4.26. The molecule has 3 nitrogen and oxygen atoms in total. The van der Waals surface area contributed by atoms with Gasteiger partial charge in [0, 0.05) is 70.2 Å². The summed E-state index contributed by atoms with van der Waals surface area (Å²) in [5, 5.41) is 12.2. The van der Waals surface area contributed by atoms with Crippen LogP contribution >= 0.6 is 11.3 Å². The monoisotopic (exact) mass is 869 g/mol. The summed E-state index contributed by atoms with van der Waals surface area (Å²) in [7, 11) is 0. The molecule has 66 heavy (non-hydrogen) atoms. The van der Waals surface area contributed by atoms with Crippen LogP contribution in [0.25, 0.3) is 80.6 Å². The minimum Gasteiger partial charge on any atom is -0.324 e. The molecule has 0 spiro atoms. The first-order chi connectivity index (χ1) is 32.2. The molecule has 1 aliphatic heterocycles. The van der Waals surface area contributed by atoms with Crippen molar-refractivity contribution in [3.63, 3.8) is 0 Å². The second-order valence-electron chi connectivity index (χ2n) is 20.5. The summed E-state index contributed by atoms with van der Waals surface area (Å²) in [5.74, 6) is 0.664. The van der Waals surface area contributed by atoms with Crippen LogP contribution in [0.4, 0.5) is 0 Å². The largest absolute Gasteiger partial charge is 0.324 e. The summed E-state index contributed by atoms with van der Waals surface area (Å²) in [6.07, 6.45) is 18.4. The number of thiophene rings is 1. The van der Waals surface area contributed by atoms with Crippen molar-refractivity contribution in [2.24, 2.45) is 5.41 Å². The summed E-state index contributed by atoms with van der Waals surface area (Å²) in [4.78, 5) is 0. The molecule has 7 aromatic carbocycles. The molecule has 320 valence electrons. The van der Waals surface area contributed by atoms with E-state index in [-0.39, 0.29) is 28.5 Å². The van der Waals surface area contributed by atoms with Gasteiger partial charge in [-0.3, -0.25) is 5.32 Å². The number of aromatic nitrogens is 2. The lowest BCUT2D eigenvalue weighted by Crippen LogP contribution is -2.53. The van der Waals surface area contributed by atoms with Crippen LogP contribution in [-0.2, 0) is 5.41 Å². The fourth-order valence-corrected chi connectivity index (χ4v) is 14.5. The molecule has 3 aromatic heterocycles. The van der Waals surface area contributed by atoms with Crippen LogP contribution in [0, 0.1) is 5.41 Å². The Bertz CT molecular complexity index is 3840. The van der Waals surface area contributed by atoms with Crippen molar-refractivity contribution < 1.29 is 0 Å². The van der Waals surface area contributed by atoms with Gasteiger partial charge in [0.1, 0.15) is 0 Å². The van der Waals surface area contributed by atoms with E-state index in [0.29, 0.717) is 5.92 Å². The SMILES string of the molecule is CC12CC=CC=C1C(c1cccc3c1sc1ccccc13)CC(n1c3ccccc3c3cc(-c4ccc5c(c4)c4ccccc4n5-c4ccc5c(c4)C(C)(C)C4(C)C=CC=CC54)ccc31)N2. The van der Waals surface area contributed by atoms with E-state index in [1.54, 1.807) is 0 Å². The fraction of sp³-hybridized carbons (Fsp3) is 0.194. The Morgan fingerprint density at radius 3 is 2.11 bits per heavy atom. The molecular formula is C62H51N3S. The predicted molar refractivity (Wildman–Crippen MR) is 280 cm³/mol. The van der Waals surface area contributed by atoms with Gasteiger partial charge in [-0.2, -0.15) is 0 Å². The van der Waals surface area contributed by atoms with Gasteiger partial charge in [0.25, 0.3) is 0 Å². The van der Waals surface area contributed by atoms with Gasteiger partial charge in [-0.05, 0) is 113 Å². The van der Waals surface area contributed by atoms with E-state index in [1.807, 2.05) is 11.3 Å². The van der Waals surface area contributed by atoms with Crippen LogP contribution in [0.15, 0.2) is 194 Å². The minimum atomic E-state index is -0.172. The van der Waals surface area contributed by atoms with Crippen molar-refractivity contribution in [3.05, 3.63) is 210 Å². The van der Waals surface area contributed by atoms with Crippen molar-refractivity contribution in [1.82, 2.24) is 14.5 Å². The molecule has 1 N–H and O–H groups in total. The number of rotatable bonds is 4. The third kappa shape index (κ3) is 5.17. The molecule has 4 heteroatoms. The zero-order valence-electron chi connectivity index (χ0n) is 37.8. The van der Waals surface area contributed by atoms with E-state index < -0.39 is 0 Å². The highest BCUT2D eigenvalue weighted by Gasteiger charge is 2.53. The van der Waals surface area contributed by atoms with E-state index in [2.05, 4.69) is 230 Å². The van der Waals surface area contributed by atoms with Gasteiger partial charge < -0.3 is 9.13 Å². The lowest BCUT2D eigenvalue weighted by atomic mass is 9.62. The standard InChI is InChI=1S/C62H51N3S/c1-60(2)52-36-40(28-29-46(52)50-21-11-13-32-61(50,60)3)64-53-23-8-5-16-41(53)48-34-38(26-30-55(48)64)39-27-31-56-49(35-39)42-17-6-9-24-54(42)65(56)58-37-47(51-22-12-14-33-62(51,4)63-58)45-20-15-19-44-43-18-7-10-25-57(43)66-59(44)45/h5-32,34-36,47,50,58,63H,33,37H2,1-4H3. The summed E-state index contributed by atoms with van der Waals surface area (Å²) in [6, 6.07) is 55.5. The van der Waals surface area contributed by atoms with Gasteiger partial charge in [-0.1, -0.05) is 154 Å². The molecule has 0 bridgehead atoms. The van der Waals surface area contributed by atoms with Crippen LogP contribution in [0.2, 0.25) is 0 Å². The summed E-state index contributed by atoms with van der Waals surface area (Å²) >= 11 is 1.95. The zero-order chi connectivity index (χ0) is 44.1. The average Bonchev–Trinajstić information content (AvgIpc) is 4.04. The smallest absolute Gasteiger partial charge is 0.0861 e. The molecule has 0 amide bonds. The molecule has 10 aromatic rings. The highest BCUT2D eigenvalue weighted by Crippen LogP contribution is 2.61. The molecular weight excluding hydrogens is 819 g/mol. The molecule has 0 saturated carbocycles. The summed E-state index contributed by atoms with van der Waals surface area (Å²) in [6.45, 7) is 9.73. The van der Waals surface area contributed by atoms with Crippen LogP contribution in [0.1, 0.15) is 75.2 Å². The number of fused-ring (bicyclic) bond motifs is 13. The number of hydrogen-bond acceptors (Lipinski definition) is 2. The molecule has 1 saturated heterocycles. The normalized spacial score (nSPS) is 24.2. The zero-order valence-corrected chi connectivity index (χ0v) is 38.7. The fourth-order valence-electron chi connectivity index (χ4n) is 13.2. The summed E-state index contributed by atoms with van der Waals surface area (Å²) in [5.41, 5.74) is 14.4. The number of hydrogen-bond donors (Lipinski definition) is 1. The Kier molecular flexibility index (Phi) is 7.98. The third-order valence-electron chi connectivity index (χ3n) is 16.9. The molecule has 0 radical (unpaired) electrons. The summed E-state index contributed by atoms with van der Waals surface area (Å²) < 4.78 is 7.91. The lowest BCUT2D eigenvalue weighted by molar-refractivity contribution is 0.229. The third-order valence-corrected chi connectivity index (χ3v) is 18.1. The van der Waals surface area contributed by atoms with Gasteiger partial charge >= 0.3 is 0 Å². The van der Waals surface area contributed by atoms with E-state index in [1.165, 1.54) is 103 Å². The average molecular weight is 870 g/mol. The molecule has 4 aliphatic rings. The van der Waals surface area contributed by atoms with Gasteiger partial charge in [0.2, 0.25) is 0 Å². The van der Waals surface area contributed by atoms with Gasteiger partial charge in [-0.25, -0.2) is 0 Å². The van der Waals surface area contributed by atoms with E-state index in [4.69, 9.17) is 0 Å². The van der Waals surface area contributed by atoms with Crippen LogP contribution < -0.4 is 5.32 Å². The van der Waals surface area contributed by atoms with Crippen molar-refractivity contribution in [2.45, 2.75) is 69.5 Å². The highest BCUT2D eigenvalue weighted by atomic mass is 32.1. The predicted octanol–water partition coefficient (Wildman–Crippen LogP) is 16.4. The number of para-hydroxylation sites is 2. The minimum absolute atomic E-state index is 0.00774. The number of piperidine rings is 1. The second kappa shape index (κ2) is 13.7. The maximum Gasteiger partial charge on any atom is 0.0861 e. The molecule has 4 heterocycles. The topological polar surface area (TPSA) is 21.9 Å². The number of nitrogens with one attached hydrogen (secondary N) is 1. The van der Waals surface area contributed by atoms with E-state index in [0.717, 1.165) is 12.8 Å². The second-order valence-corrected chi connectivity index (χ2v) is 21.5. The highest BCUT2D eigenvalue weighted by molar-refractivity contribution is 7.26. The molecule has 1 fully saturated rings. The maximum absolute atomic E-state index is 4.26. The Balaban J connectivity index is 0.886. The van der Waals surface area contributed by atoms with E-state index in [9.17, 15) is 0 Å². The first-order valence-corrected chi connectivity index (χ1v) is 24.6. The Morgan fingerprint density at radius 2 is 1.27 bits per heavy atom. The quantitative estimate of drug-likeness (QED) is 0.187. The Hall–Kier alpha value is -6.72. The van der Waals surface area contributed by atoms with Crippen LogP contribution in [0.5, 0.6) is 0 Å². The van der Waals surface area contributed by atoms with Crippen molar-refractivity contribution in [3.8, 4) is 16.8 Å². The van der Waals surface area contributed by atoms with Crippen LogP contribution in [0.3, 0.4) is 0 Å². The van der Waals surface area contributed by atoms with Crippen molar-refractivity contribution >= 4 is 75.1 Å². The Labute approximate surface area is 389 Å². The van der Waals surface area contributed by atoms with Gasteiger partial charge in [-0.15, -0.1) is 11.3 Å². The molecule has 5 unspecified atom stereocenters. The van der Waals surface area contributed by atoms with Crippen molar-refractivity contribution in [1.29, 1.82) is 0 Å². The molecule has 3 aliphatic carbocycles. The molecule has 14 rings (SSSR count). The van der Waals surface area contributed by atoms with E-state index >= 15 is 0 Å². The van der Waals surface area contributed by atoms with Crippen LogP contribution in [-0.4, -0.2) is 14.7 Å². The van der Waals surface area contributed by atoms with Crippen molar-refractivity contribution in [2.75, 3.05) is 0 Å². The first-order valence-electron chi connectivity index (χ1n) is 23.8. The molecule has 5 atom stereocenters. The first kappa shape index (κ1) is 38.5. The lowest BCUT2D eigenvalue weighted by Gasteiger charge is -2.48.